The SMILES string of the molecule is COC(=O)C(C1CCC1)C1CCCNC1. The predicted octanol–water partition coefficient (Wildman–Crippen LogP) is 1.58. The summed E-state index contributed by atoms with van der Waals surface area (Å²) in [5.41, 5.74) is 0. The van der Waals surface area contributed by atoms with Crippen LogP contribution in [-0.4, -0.2) is 26.2 Å². The number of hydrogen-bond acceptors (Lipinski definition) is 3. The van der Waals surface area contributed by atoms with Crippen molar-refractivity contribution in [2.24, 2.45) is 17.8 Å². The van der Waals surface area contributed by atoms with Crippen molar-refractivity contribution in [3.63, 3.8) is 0 Å². The van der Waals surface area contributed by atoms with E-state index in [9.17, 15) is 4.79 Å². The minimum atomic E-state index is 0.0217. The number of piperidine rings is 1. The van der Waals surface area contributed by atoms with Crippen LogP contribution < -0.4 is 5.32 Å². The van der Waals surface area contributed by atoms with Gasteiger partial charge in [0.05, 0.1) is 13.0 Å². The first-order valence-corrected chi connectivity index (χ1v) is 6.11. The van der Waals surface area contributed by atoms with Gasteiger partial charge in [-0.1, -0.05) is 6.42 Å². The highest BCUT2D eigenvalue weighted by Gasteiger charge is 2.39. The zero-order chi connectivity index (χ0) is 10.7. The molecule has 1 aliphatic heterocycles. The van der Waals surface area contributed by atoms with E-state index in [0.717, 1.165) is 13.1 Å². The summed E-state index contributed by atoms with van der Waals surface area (Å²) in [6.45, 7) is 2.10. The highest BCUT2D eigenvalue weighted by atomic mass is 16.5. The molecule has 2 fully saturated rings. The molecule has 3 heteroatoms. The Morgan fingerprint density at radius 3 is 2.47 bits per heavy atom. The maximum absolute atomic E-state index is 11.8. The molecule has 1 N–H and O–H groups in total. The minimum Gasteiger partial charge on any atom is -0.469 e. The summed E-state index contributed by atoms with van der Waals surface area (Å²) in [6, 6.07) is 0. The number of ether oxygens (including phenoxy) is 1. The molecule has 0 aromatic carbocycles. The van der Waals surface area contributed by atoms with Crippen molar-refractivity contribution in [1.29, 1.82) is 0 Å². The van der Waals surface area contributed by atoms with Crippen LogP contribution in [0.4, 0.5) is 0 Å². The molecule has 86 valence electrons. The quantitative estimate of drug-likeness (QED) is 0.720. The van der Waals surface area contributed by atoms with Crippen LogP contribution >= 0.6 is 0 Å². The Morgan fingerprint density at radius 1 is 1.27 bits per heavy atom. The van der Waals surface area contributed by atoms with E-state index in [4.69, 9.17) is 4.74 Å². The van der Waals surface area contributed by atoms with Gasteiger partial charge in [0.2, 0.25) is 0 Å². The summed E-state index contributed by atoms with van der Waals surface area (Å²) < 4.78 is 4.96. The zero-order valence-corrected chi connectivity index (χ0v) is 9.50. The lowest BCUT2D eigenvalue weighted by molar-refractivity contribution is -0.151. The summed E-state index contributed by atoms with van der Waals surface area (Å²) in [4.78, 5) is 11.8. The zero-order valence-electron chi connectivity index (χ0n) is 9.50. The first kappa shape index (κ1) is 10.9. The monoisotopic (exact) mass is 211 g/mol. The number of carbonyl (C=O) groups excluding carboxylic acids is 1. The van der Waals surface area contributed by atoms with Crippen LogP contribution in [-0.2, 0) is 9.53 Å². The molecule has 0 amide bonds. The maximum Gasteiger partial charge on any atom is 0.309 e. The topological polar surface area (TPSA) is 38.3 Å². The van der Waals surface area contributed by atoms with Gasteiger partial charge in [-0.2, -0.15) is 0 Å². The smallest absolute Gasteiger partial charge is 0.309 e. The van der Waals surface area contributed by atoms with Gasteiger partial charge in [-0.25, -0.2) is 0 Å². The van der Waals surface area contributed by atoms with Crippen LogP contribution in [0.1, 0.15) is 32.1 Å². The molecule has 2 unspecified atom stereocenters. The number of methoxy groups -OCH3 is 1. The number of esters is 1. The Morgan fingerprint density at radius 2 is 2.00 bits per heavy atom. The van der Waals surface area contributed by atoms with E-state index < -0.39 is 0 Å². The average Bonchev–Trinajstić information content (AvgIpc) is 2.23. The van der Waals surface area contributed by atoms with Gasteiger partial charge in [-0.3, -0.25) is 4.79 Å². The third kappa shape index (κ3) is 2.33. The molecule has 2 aliphatic rings. The molecule has 1 saturated carbocycles. The van der Waals surface area contributed by atoms with E-state index in [0.29, 0.717) is 11.8 Å². The average molecular weight is 211 g/mol. The van der Waals surface area contributed by atoms with Crippen molar-refractivity contribution < 1.29 is 9.53 Å². The van der Waals surface area contributed by atoms with Crippen LogP contribution in [0.15, 0.2) is 0 Å². The van der Waals surface area contributed by atoms with E-state index in [1.54, 1.807) is 0 Å². The number of hydrogen-bond donors (Lipinski definition) is 1. The largest absolute Gasteiger partial charge is 0.469 e. The fourth-order valence-corrected chi connectivity index (χ4v) is 2.89. The number of nitrogens with one attached hydrogen (secondary N) is 1. The molecule has 0 radical (unpaired) electrons. The third-order valence-corrected chi connectivity index (χ3v) is 3.97. The molecule has 3 nitrogen and oxygen atoms in total. The van der Waals surface area contributed by atoms with Crippen molar-refractivity contribution in [2.75, 3.05) is 20.2 Å². The second-order valence-corrected chi connectivity index (χ2v) is 4.85. The lowest BCUT2D eigenvalue weighted by Gasteiger charge is -2.38. The maximum atomic E-state index is 11.8. The molecular formula is C12H21NO2. The number of carbonyl (C=O) groups is 1. The molecule has 2 rings (SSSR count). The Balaban J connectivity index is 1.99. The molecular weight excluding hydrogens is 190 g/mol. The second-order valence-electron chi connectivity index (χ2n) is 4.85. The van der Waals surface area contributed by atoms with Gasteiger partial charge >= 0.3 is 5.97 Å². The summed E-state index contributed by atoms with van der Waals surface area (Å²) >= 11 is 0. The molecule has 0 spiro atoms. The van der Waals surface area contributed by atoms with Gasteiger partial charge in [0.1, 0.15) is 0 Å². The highest BCUT2D eigenvalue weighted by molar-refractivity contribution is 5.73. The summed E-state index contributed by atoms with van der Waals surface area (Å²) in [7, 11) is 1.52. The normalized spacial score (nSPS) is 29.3. The first-order valence-electron chi connectivity index (χ1n) is 6.11. The van der Waals surface area contributed by atoms with E-state index in [2.05, 4.69) is 5.32 Å². The summed E-state index contributed by atoms with van der Waals surface area (Å²) in [5, 5.41) is 3.39. The Kier molecular flexibility index (Phi) is 3.62. The molecule has 0 aromatic rings. The van der Waals surface area contributed by atoms with Crippen LogP contribution in [0.5, 0.6) is 0 Å². The van der Waals surface area contributed by atoms with Crippen molar-refractivity contribution in [1.82, 2.24) is 5.32 Å². The van der Waals surface area contributed by atoms with Crippen molar-refractivity contribution >= 4 is 5.97 Å². The first-order chi connectivity index (χ1) is 7.33. The number of rotatable bonds is 3. The van der Waals surface area contributed by atoms with Gasteiger partial charge in [-0.15, -0.1) is 0 Å². The van der Waals surface area contributed by atoms with E-state index in [1.807, 2.05) is 0 Å². The van der Waals surface area contributed by atoms with Crippen LogP contribution in [0, 0.1) is 17.8 Å². The summed E-state index contributed by atoms with van der Waals surface area (Å²) in [5.74, 6) is 1.30. The Hall–Kier alpha value is -0.570. The molecule has 0 bridgehead atoms. The summed E-state index contributed by atoms with van der Waals surface area (Å²) in [6.07, 6.45) is 6.11. The van der Waals surface area contributed by atoms with Crippen molar-refractivity contribution in [3.8, 4) is 0 Å². The molecule has 1 aliphatic carbocycles. The highest BCUT2D eigenvalue weighted by Crippen LogP contribution is 2.39. The Bertz CT molecular complexity index is 220. The van der Waals surface area contributed by atoms with E-state index >= 15 is 0 Å². The minimum absolute atomic E-state index is 0.0217. The van der Waals surface area contributed by atoms with E-state index in [1.165, 1.54) is 39.2 Å². The van der Waals surface area contributed by atoms with Crippen molar-refractivity contribution in [3.05, 3.63) is 0 Å². The van der Waals surface area contributed by atoms with Crippen LogP contribution in [0.2, 0.25) is 0 Å². The molecule has 0 aromatic heterocycles. The standard InChI is InChI=1S/C12H21NO2/c1-15-12(14)11(9-4-2-5-9)10-6-3-7-13-8-10/h9-11,13H,2-8H2,1H3. The Labute approximate surface area is 91.6 Å². The fourth-order valence-electron chi connectivity index (χ4n) is 2.89. The second kappa shape index (κ2) is 4.97. The molecule has 2 atom stereocenters. The fraction of sp³-hybridized carbons (Fsp3) is 0.917. The van der Waals surface area contributed by atoms with Gasteiger partial charge in [-0.05, 0) is 50.6 Å². The third-order valence-electron chi connectivity index (χ3n) is 3.97. The van der Waals surface area contributed by atoms with Gasteiger partial charge in [0.25, 0.3) is 0 Å². The molecule has 1 heterocycles. The van der Waals surface area contributed by atoms with E-state index in [-0.39, 0.29) is 11.9 Å². The van der Waals surface area contributed by atoms with Gasteiger partial charge in [0, 0.05) is 0 Å². The van der Waals surface area contributed by atoms with Crippen LogP contribution in [0.25, 0.3) is 0 Å². The predicted molar refractivity (Wildman–Crippen MR) is 58.4 cm³/mol. The lowest BCUT2D eigenvalue weighted by Crippen LogP contribution is -2.42. The lowest BCUT2D eigenvalue weighted by atomic mass is 9.69. The van der Waals surface area contributed by atoms with Crippen LogP contribution in [0.3, 0.4) is 0 Å². The molecule has 1 saturated heterocycles. The van der Waals surface area contributed by atoms with Gasteiger partial charge < -0.3 is 10.1 Å². The molecule has 15 heavy (non-hydrogen) atoms. The van der Waals surface area contributed by atoms with Gasteiger partial charge in [0.15, 0.2) is 0 Å². The van der Waals surface area contributed by atoms with Crippen molar-refractivity contribution in [2.45, 2.75) is 32.1 Å².